The van der Waals surface area contributed by atoms with Crippen LogP contribution in [0.1, 0.15) is 40.0 Å². The van der Waals surface area contributed by atoms with E-state index in [9.17, 15) is 14.7 Å². The molecule has 0 spiro atoms. The van der Waals surface area contributed by atoms with Gasteiger partial charge >= 0.3 is 5.97 Å². The molecular formula is C29H27N5O4S. The van der Waals surface area contributed by atoms with E-state index in [-0.39, 0.29) is 11.5 Å². The summed E-state index contributed by atoms with van der Waals surface area (Å²) in [6.07, 6.45) is 0. The van der Waals surface area contributed by atoms with Crippen LogP contribution in [0.15, 0.2) is 89.2 Å². The summed E-state index contributed by atoms with van der Waals surface area (Å²) < 4.78 is 7.08. The van der Waals surface area contributed by atoms with Crippen LogP contribution in [0.2, 0.25) is 0 Å². The lowest BCUT2D eigenvalue weighted by atomic mass is 9.94. The normalized spacial score (nSPS) is 14.4. The third-order valence-corrected chi connectivity index (χ3v) is 7.27. The summed E-state index contributed by atoms with van der Waals surface area (Å²) in [4.78, 5) is 29.9. The van der Waals surface area contributed by atoms with Gasteiger partial charge in [0.1, 0.15) is 11.8 Å². The van der Waals surface area contributed by atoms with Crippen LogP contribution in [-0.2, 0) is 10.5 Å². The molecule has 3 aromatic carbocycles. The van der Waals surface area contributed by atoms with Crippen molar-refractivity contribution in [1.82, 2.24) is 14.8 Å². The molecule has 39 heavy (non-hydrogen) atoms. The number of hydrogen-bond donors (Lipinski definition) is 3. The van der Waals surface area contributed by atoms with E-state index in [1.807, 2.05) is 25.1 Å². The third-order valence-electron chi connectivity index (χ3n) is 6.36. The molecule has 198 valence electrons. The van der Waals surface area contributed by atoms with Gasteiger partial charge < -0.3 is 20.5 Å². The minimum absolute atomic E-state index is 0.154. The fraction of sp³-hybridized carbons (Fsp3) is 0.172. The first-order valence-electron chi connectivity index (χ1n) is 12.2. The Labute approximate surface area is 229 Å². The van der Waals surface area contributed by atoms with Gasteiger partial charge in [0, 0.05) is 11.4 Å². The van der Waals surface area contributed by atoms with E-state index in [1.54, 1.807) is 36.1 Å². The first-order chi connectivity index (χ1) is 18.8. The second-order valence-electron chi connectivity index (χ2n) is 9.09. The van der Waals surface area contributed by atoms with Crippen LogP contribution in [0, 0.1) is 6.92 Å². The maximum atomic E-state index is 13.7. The van der Waals surface area contributed by atoms with Crippen LogP contribution in [-0.4, -0.2) is 38.9 Å². The predicted molar refractivity (Wildman–Crippen MR) is 150 cm³/mol. The summed E-state index contributed by atoms with van der Waals surface area (Å²) >= 11 is 1.50. The van der Waals surface area contributed by atoms with Crippen molar-refractivity contribution in [3.05, 3.63) is 106 Å². The van der Waals surface area contributed by atoms with Gasteiger partial charge in [-0.2, -0.15) is 4.98 Å². The summed E-state index contributed by atoms with van der Waals surface area (Å²) in [6, 6.07) is 21.2. The number of para-hydroxylation sites is 2. The molecule has 9 nitrogen and oxygen atoms in total. The Balaban J connectivity index is 1.51. The number of aryl methyl sites for hydroxylation is 1. The first-order valence-corrected chi connectivity index (χ1v) is 13.2. The first kappa shape index (κ1) is 26.1. The molecule has 0 aliphatic carbocycles. The smallest absolute Gasteiger partial charge is 0.335 e. The Morgan fingerprint density at radius 3 is 2.56 bits per heavy atom. The highest BCUT2D eigenvalue weighted by Gasteiger charge is 2.34. The van der Waals surface area contributed by atoms with Gasteiger partial charge in [-0.05, 0) is 49.2 Å². The molecule has 0 saturated carbocycles. The standard InChI is InChI=1S/C29H27N5O4S/c1-17-7-6-8-19(15-17)16-39-29-32-28-30-18(2)24(26(35)31-22-9-4-5-10-23(22)38-3)25(34(28)33-29)20-11-13-21(14-12-20)27(36)37/h4-15,25H,16H2,1-3H3,(H,31,35)(H,36,37)(H,30,32,33)/t25-/m0/s1. The summed E-state index contributed by atoms with van der Waals surface area (Å²) in [5.41, 5.74) is 4.77. The second kappa shape index (κ2) is 11.0. The van der Waals surface area contributed by atoms with Crippen molar-refractivity contribution in [2.45, 2.75) is 30.8 Å². The van der Waals surface area contributed by atoms with Gasteiger partial charge in [-0.1, -0.05) is 65.9 Å². The van der Waals surface area contributed by atoms with Crippen molar-refractivity contribution < 1.29 is 19.4 Å². The van der Waals surface area contributed by atoms with Crippen molar-refractivity contribution in [3.63, 3.8) is 0 Å². The highest BCUT2D eigenvalue weighted by atomic mass is 32.2. The minimum atomic E-state index is -1.02. The Morgan fingerprint density at radius 2 is 1.85 bits per heavy atom. The zero-order valence-corrected chi connectivity index (χ0v) is 22.5. The largest absolute Gasteiger partial charge is 0.495 e. The fourth-order valence-electron chi connectivity index (χ4n) is 4.49. The van der Waals surface area contributed by atoms with Crippen LogP contribution in [0.4, 0.5) is 11.6 Å². The number of rotatable bonds is 8. The number of anilines is 2. The zero-order valence-electron chi connectivity index (χ0n) is 21.6. The van der Waals surface area contributed by atoms with E-state index in [4.69, 9.17) is 9.84 Å². The highest BCUT2D eigenvalue weighted by Crippen LogP contribution is 2.37. The number of carbonyl (C=O) groups is 2. The number of benzene rings is 3. The van der Waals surface area contributed by atoms with Gasteiger partial charge in [-0.3, -0.25) is 4.79 Å². The Bertz CT molecular complexity index is 1580. The number of hydrogen-bond acceptors (Lipinski definition) is 7. The number of aromatic nitrogens is 3. The van der Waals surface area contributed by atoms with E-state index in [0.29, 0.717) is 45.1 Å². The van der Waals surface area contributed by atoms with Gasteiger partial charge in [0.05, 0.1) is 23.9 Å². The van der Waals surface area contributed by atoms with Crippen LogP contribution in [0.5, 0.6) is 5.75 Å². The van der Waals surface area contributed by atoms with Gasteiger partial charge in [0.25, 0.3) is 5.91 Å². The van der Waals surface area contributed by atoms with Gasteiger partial charge in [0.15, 0.2) is 0 Å². The van der Waals surface area contributed by atoms with E-state index >= 15 is 0 Å². The number of allylic oxidation sites excluding steroid dienone is 1. The molecule has 0 unspecified atom stereocenters. The maximum absolute atomic E-state index is 13.7. The zero-order chi connectivity index (χ0) is 27.5. The van der Waals surface area contributed by atoms with Gasteiger partial charge in [-0.15, -0.1) is 5.10 Å². The number of thioether (sulfide) groups is 1. The molecule has 0 fully saturated rings. The second-order valence-corrected chi connectivity index (χ2v) is 10.0. The molecule has 10 heteroatoms. The van der Waals surface area contributed by atoms with Crippen LogP contribution >= 0.6 is 11.8 Å². The molecule has 0 saturated heterocycles. The van der Waals surface area contributed by atoms with E-state index < -0.39 is 12.0 Å². The van der Waals surface area contributed by atoms with Crippen LogP contribution in [0.3, 0.4) is 0 Å². The highest BCUT2D eigenvalue weighted by molar-refractivity contribution is 7.98. The fourth-order valence-corrected chi connectivity index (χ4v) is 5.26. The number of nitrogens with zero attached hydrogens (tertiary/aromatic N) is 3. The van der Waals surface area contributed by atoms with Crippen LogP contribution in [0.25, 0.3) is 0 Å². The van der Waals surface area contributed by atoms with Crippen molar-refractivity contribution in [3.8, 4) is 5.75 Å². The molecule has 5 rings (SSSR count). The van der Waals surface area contributed by atoms with Crippen molar-refractivity contribution in [1.29, 1.82) is 0 Å². The third kappa shape index (κ3) is 5.51. The molecule has 0 radical (unpaired) electrons. The molecule has 1 aliphatic rings. The lowest BCUT2D eigenvalue weighted by molar-refractivity contribution is -0.113. The summed E-state index contributed by atoms with van der Waals surface area (Å²) in [6.45, 7) is 3.87. The van der Waals surface area contributed by atoms with Gasteiger partial charge in [-0.25, -0.2) is 9.48 Å². The number of amides is 1. The van der Waals surface area contributed by atoms with Crippen LogP contribution < -0.4 is 15.4 Å². The SMILES string of the molecule is COc1ccccc1NC(=O)C1=C(C)Nc2nc(SCc3cccc(C)c3)nn2[C@H]1c1ccc(C(=O)O)cc1. The monoisotopic (exact) mass is 541 g/mol. The van der Waals surface area contributed by atoms with E-state index in [2.05, 4.69) is 40.7 Å². The molecule has 4 aromatic rings. The average Bonchev–Trinajstić information content (AvgIpc) is 3.34. The van der Waals surface area contributed by atoms with Crippen molar-refractivity contribution in [2.24, 2.45) is 0 Å². The Kier molecular flexibility index (Phi) is 7.38. The molecule has 1 atom stereocenters. The van der Waals surface area contributed by atoms with E-state index in [0.717, 1.165) is 5.56 Å². The van der Waals surface area contributed by atoms with Gasteiger partial charge in [0.2, 0.25) is 11.1 Å². The van der Waals surface area contributed by atoms with Crippen molar-refractivity contribution >= 4 is 35.3 Å². The number of carboxylic acid groups (broad SMARTS) is 1. The predicted octanol–water partition coefficient (Wildman–Crippen LogP) is 5.51. The summed E-state index contributed by atoms with van der Waals surface area (Å²) in [7, 11) is 1.54. The molecule has 1 aromatic heterocycles. The number of aromatic carboxylic acids is 1. The Hall–Kier alpha value is -4.57. The molecular weight excluding hydrogens is 514 g/mol. The number of nitrogens with one attached hydrogen (secondary N) is 2. The number of carbonyl (C=O) groups excluding carboxylic acids is 1. The molecule has 0 bridgehead atoms. The molecule has 3 N–H and O–H groups in total. The number of fused-ring (bicyclic) bond motifs is 1. The maximum Gasteiger partial charge on any atom is 0.335 e. The topological polar surface area (TPSA) is 118 Å². The average molecular weight is 542 g/mol. The molecule has 2 heterocycles. The lowest BCUT2D eigenvalue weighted by Gasteiger charge is -2.28. The quantitative estimate of drug-likeness (QED) is 0.250. The summed E-state index contributed by atoms with van der Waals surface area (Å²) in [5, 5.41) is 20.9. The number of carboxylic acids is 1. The van der Waals surface area contributed by atoms with E-state index in [1.165, 1.54) is 29.5 Å². The minimum Gasteiger partial charge on any atom is -0.495 e. The lowest BCUT2D eigenvalue weighted by Crippen LogP contribution is -2.31. The van der Waals surface area contributed by atoms with Crippen molar-refractivity contribution in [2.75, 3.05) is 17.7 Å². The number of methoxy groups -OCH3 is 1. The Morgan fingerprint density at radius 1 is 1.08 bits per heavy atom. The molecule has 1 aliphatic heterocycles. The summed E-state index contributed by atoms with van der Waals surface area (Å²) in [5.74, 6) is 0.360. The number of ether oxygens (including phenoxy) is 1. The molecule has 1 amide bonds.